The molecule has 2 aromatic carbocycles. The predicted molar refractivity (Wildman–Crippen MR) is 128 cm³/mol. The van der Waals surface area contributed by atoms with Gasteiger partial charge in [-0.3, -0.25) is 0 Å². The summed E-state index contributed by atoms with van der Waals surface area (Å²) in [7, 11) is 1.35. The second kappa shape index (κ2) is 9.32. The monoisotopic (exact) mass is 446 g/mol. The summed E-state index contributed by atoms with van der Waals surface area (Å²) in [5.41, 5.74) is 4.65. The van der Waals surface area contributed by atoms with Gasteiger partial charge < -0.3 is 9.64 Å². The summed E-state index contributed by atoms with van der Waals surface area (Å²) >= 11 is 6.09. The van der Waals surface area contributed by atoms with E-state index in [-0.39, 0.29) is 5.69 Å². The number of carbonyl (C=O) groups is 1. The van der Waals surface area contributed by atoms with Crippen LogP contribution in [0.25, 0.3) is 33.7 Å². The molecule has 0 unspecified atom stereocenters. The van der Waals surface area contributed by atoms with Crippen molar-refractivity contribution in [2.24, 2.45) is 0 Å². The maximum atomic E-state index is 12.4. The lowest BCUT2D eigenvalue weighted by molar-refractivity contribution is 0.0594. The Morgan fingerprint density at radius 1 is 0.906 bits per heavy atom. The summed E-state index contributed by atoms with van der Waals surface area (Å²) in [6.07, 6.45) is 0. The maximum Gasteiger partial charge on any atom is 0.356 e. The molecule has 0 amide bonds. The van der Waals surface area contributed by atoms with E-state index in [0.29, 0.717) is 27.6 Å². The zero-order chi connectivity index (χ0) is 22.7. The van der Waals surface area contributed by atoms with Crippen LogP contribution in [0.5, 0.6) is 0 Å². The molecule has 0 saturated carbocycles. The molecular formula is C25H23ClN4O2. The van der Waals surface area contributed by atoms with E-state index in [4.69, 9.17) is 26.3 Å². The summed E-state index contributed by atoms with van der Waals surface area (Å²) in [5.74, 6) is 0.0649. The first-order chi connectivity index (χ1) is 15.5. The molecule has 0 aliphatic rings. The molecule has 0 aliphatic carbocycles. The molecule has 6 nitrogen and oxygen atoms in total. The van der Waals surface area contributed by atoms with E-state index in [1.54, 1.807) is 6.07 Å². The van der Waals surface area contributed by atoms with Crippen LogP contribution in [-0.2, 0) is 4.74 Å². The van der Waals surface area contributed by atoms with Crippen molar-refractivity contribution in [2.75, 3.05) is 25.1 Å². The minimum Gasteiger partial charge on any atom is -0.464 e. The number of hydrogen-bond acceptors (Lipinski definition) is 6. The summed E-state index contributed by atoms with van der Waals surface area (Å²) < 4.78 is 4.96. The molecule has 0 atom stereocenters. The summed E-state index contributed by atoms with van der Waals surface area (Å²) in [6.45, 7) is 5.62. The number of ether oxygens (including phenoxy) is 1. The first-order valence-corrected chi connectivity index (χ1v) is 10.8. The Hall–Kier alpha value is -3.51. The molecular weight excluding hydrogens is 424 g/mol. The van der Waals surface area contributed by atoms with Crippen LogP contribution in [0.3, 0.4) is 0 Å². The minimum absolute atomic E-state index is 0.224. The number of pyridine rings is 1. The van der Waals surface area contributed by atoms with Gasteiger partial charge in [0.25, 0.3) is 0 Å². The molecule has 4 rings (SSSR count). The minimum atomic E-state index is -0.499. The predicted octanol–water partition coefficient (Wildman–Crippen LogP) is 5.65. The molecule has 32 heavy (non-hydrogen) atoms. The number of carbonyl (C=O) groups excluding carboxylic acids is 1. The van der Waals surface area contributed by atoms with Gasteiger partial charge in [0.05, 0.1) is 12.8 Å². The van der Waals surface area contributed by atoms with Crippen molar-refractivity contribution in [1.29, 1.82) is 0 Å². The smallest absolute Gasteiger partial charge is 0.356 e. The number of esters is 1. The van der Waals surface area contributed by atoms with Gasteiger partial charge in [-0.1, -0.05) is 41.9 Å². The Balaban J connectivity index is 2.10. The summed E-state index contributed by atoms with van der Waals surface area (Å²) in [5, 5.41) is 0.644. The highest BCUT2D eigenvalue weighted by atomic mass is 35.5. The molecule has 4 aromatic rings. The van der Waals surface area contributed by atoms with Crippen LogP contribution in [0.1, 0.15) is 24.3 Å². The molecule has 0 fully saturated rings. The van der Waals surface area contributed by atoms with E-state index in [9.17, 15) is 4.79 Å². The number of anilines is 1. The van der Waals surface area contributed by atoms with Crippen molar-refractivity contribution >= 4 is 34.3 Å². The lowest BCUT2D eigenvalue weighted by atomic mass is 10.1. The molecule has 0 N–H and O–H groups in total. The zero-order valence-corrected chi connectivity index (χ0v) is 18.9. The average Bonchev–Trinajstić information content (AvgIpc) is 2.84. The standard InChI is InChI=1S/C25H23ClN4O2/c1-4-30(5-2)20-15-19(25(31)32-3)27-23-21(16-9-7-6-8-10-16)28-24(29-22(20)23)17-11-13-18(26)14-12-17/h6-15H,4-5H2,1-3H3. The van der Waals surface area contributed by atoms with Crippen molar-refractivity contribution in [3.05, 3.63) is 71.4 Å². The molecule has 0 aliphatic heterocycles. The van der Waals surface area contributed by atoms with E-state index in [1.807, 2.05) is 54.6 Å². The highest BCUT2D eigenvalue weighted by Crippen LogP contribution is 2.34. The van der Waals surface area contributed by atoms with Crippen molar-refractivity contribution in [3.63, 3.8) is 0 Å². The van der Waals surface area contributed by atoms with Crippen molar-refractivity contribution in [3.8, 4) is 22.6 Å². The van der Waals surface area contributed by atoms with Gasteiger partial charge in [0.15, 0.2) is 11.5 Å². The van der Waals surface area contributed by atoms with E-state index in [1.165, 1.54) is 7.11 Å². The highest BCUT2D eigenvalue weighted by molar-refractivity contribution is 6.30. The topological polar surface area (TPSA) is 68.2 Å². The van der Waals surface area contributed by atoms with Gasteiger partial charge in [-0.25, -0.2) is 19.7 Å². The molecule has 2 heterocycles. The first kappa shape index (κ1) is 21.7. The molecule has 0 radical (unpaired) electrons. The van der Waals surface area contributed by atoms with Gasteiger partial charge in [-0.15, -0.1) is 0 Å². The average molecular weight is 447 g/mol. The second-order valence-corrected chi connectivity index (χ2v) is 7.59. The number of rotatable bonds is 6. The third kappa shape index (κ3) is 4.14. The Morgan fingerprint density at radius 3 is 2.22 bits per heavy atom. The Bertz CT molecular complexity index is 1260. The van der Waals surface area contributed by atoms with E-state index >= 15 is 0 Å². The van der Waals surface area contributed by atoms with Crippen molar-refractivity contribution < 1.29 is 9.53 Å². The van der Waals surface area contributed by atoms with Crippen LogP contribution in [-0.4, -0.2) is 41.1 Å². The number of hydrogen-bond donors (Lipinski definition) is 0. The van der Waals surface area contributed by atoms with Gasteiger partial charge in [0.1, 0.15) is 16.7 Å². The SMILES string of the molecule is CCN(CC)c1cc(C(=O)OC)nc2c(-c3ccccc3)nc(-c3ccc(Cl)cc3)nc12. The highest BCUT2D eigenvalue weighted by Gasteiger charge is 2.21. The molecule has 7 heteroatoms. The number of methoxy groups -OCH3 is 1. The number of aromatic nitrogens is 3. The van der Waals surface area contributed by atoms with E-state index in [0.717, 1.165) is 29.9 Å². The number of halogens is 1. The van der Waals surface area contributed by atoms with Crippen LogP contribution in [0.2, 0.25) is 5.02 Å². The quantitative estimate of drug-likeness (QED) is 0.357. The van der Waals surface area contributed by atoms with E-state index < -0.39 is 5.97 Å². The van der Waals surface area contributed by atoms with Crippen molar-refractivity contribution in [2.45, 2.75) is 13.8 Å². The fourth-order valence-corrected chi connectivity index (χ4v) is 3.76. The lowest BCUT2D eigenvalue weighted by Crippen LogP contribution is -2.23. The molecule has 162 valence electrons. The Kier molecular flexibility index (Phi) is 6.32. The van der Waals surface area contributed by atoms with Gasteiger partial charge in [-0.2, -0.15) is 0 Å². The molecule has 0 spiro atoms. The Labute approximate surface area is 191 Å². The third-order valence-electron chi connectivity index (χ3n) is 5.28. The van der Waals surface area contributed by atoms with Crippen LogP contribution in [0, 0.1) is 0 Å². The van der Waals surface area contributed by atoms with Crippen LogP contribution >= 0.6 is 11.6 Å². The van der Waals surface area contributed by atoms with Gasteiger partial charge in [-0.05, 0) is 44.2 Å². The van der Waals surface area contributed by atoms with Crippen molar-refractivity contribution in [1.82, 2.24) is 15.0 Å². The van der Waals surface area contributed by atoms with Gasteiger partial charge in [0, 0.05) is 29.2 Å². The second-order valence-electron chi connectivity index (χ2n) is 7.16. The molecule has 0 bridgehead atoms. The molecule has 2 aromatic heterocycles. The van der Waals surface area contributed by atoms with Crippen LogP contribution < -0.4 is 4.90 Å². The van der Waals surface area contributed by atoms with Gasteiger partial charge >= 0.3 is 5.97 Å². The van der Waals surface area contributed by atoms with Crippen LogP contribution in [0.15, 0.2) is 60.7 Å². The van der Waals surface area contributed by atoms with E-state index in [2.05, 4.69) is 23.7 Å². The lowest BCUT2D eigenvalue weighted by Gasteiger charge is -2.23. The number of nitrogens with zero attached hydrogens (tertiary/aromatic N) is 4. The molecule has 0 saturated heterocycles. The first-order valence-electron chi connectivity index (χ1n) is 10.4. The largest absolute Gasteiger partial charge is 0.464 e. The maximum absolute atomic E-state index is 12.4. The van der Waals surface area contributed by atoms with Gasteiger partial charge in [0.2, 0.25) is 0 Å². The summed E-state index contributed by atoms with van der Waals surface area (Å²) in [6, 6.07) is 18.9. The summed E-state index contributed by atoms with van der Waals surface area (Å²) in [4.78, 5) is 29.0. The third-order valence-corrected chi connectivity index (χ3v) is 5.53. The Morgan fingerprint density at radius 2 is 1.59 bits per heavy atom. The number of benzene rings is 2. The fraction of sp³-hybridized carbons (Fsp3) is 0.200. The normalized spacial score (nSPS) is 10.9. The number of fused-ring (bicyclic) bond motifs is 1. The fourth-order valence-electron chi connectivity index (χ4n) is 3.63. The zero-order valence-electron chi connectivity index (χ0n) is 18.2. The van der Waals surface area contributed by atoms with Crippen LogP contribution in [0.4, 0.5) is 5.69 Å².